The molecule has 112 valence electrons. The number of likely N-dealkylation sites (tertiary alicyclic amines) is 1. The minimum Gasteiger partial charge on any atom is -0.390 e. The number of aliphatic hydroxyl groups excluding tert-OH is 1. The van der Waals surface area contributed by atoms with E-state index in [1.807, 2.05) is 12.3 Å². The molecule has 3 rings (SSSR count). The predicted octanol–water partition coefficient (Wildman–Crippen LogP) is 1.14. The summed E-state index contributed by atoms with van der Waals surface area (Å²) < 4.78 is 7.31. The Labute approximate surface area is 120 Å². The molecular weight excluding hydrogens is 254 g/mol. The van der Waals surface area contributed by atoms with Crippen molar-refractivity contribution in [1.29, 1.82) is 0 Å². The summed E-state index contributed by atoms with van der Waals surface area (Å²) in [5, 5.41) is 14.4. The second-order valence-corrected chi connectivity index (χ2v) is 6.33. The van der Waals surface area contributed by atoms with E-state index >= 15 is 0 Å². The van der Waals surface area contributed by atoms with E-state index in [2.05, 4.69) is 10.00 Å². The van der Waals surface area contributed by atoms with Crippen molar-refractivity contribution in [2.75, 3.05) is 32.8 Å². The lowest BCUT2D eigenvalue weighted by atomic mass is 9.74. The second kappa shape index (κ2) is 6.24. The molecule has 0 aromatic carbocycles. The maximum absolute atomic E-state index is 10.2. The quantitative estimate of drug-likeness (QED) is 0.898. The predicted molar refractivity (Wildman–Crippen MR) is 76.4 cm³/mol. The first-order valence-corrected chi connectivity index (χ1v) is 7.71. The fraction of sp³-hybridized carbons (Fsp3) is 0.800. The summed E-state index contributed by atoms with van der Waals surface area (Å²) in [5.41, 5.74) is 0.446. The van der Waals surface area contributed by atoms with E-state index < -0.39 is 0 Å². The van der Waals surface area contributed by atoms with Crippen molar-refractivity contribution >= 4 is 0 Å². The third-order valence-corrected chi connectivity index (χ3v) is 4.72. The highest BCUT2D eigenvalue weighted by molar-refractivity contribution is 4.89. The molecule has 2 aliphatic rings. The van der Waals surface area contributed by atoms with Crippen LogP contribution in [-0.2, 0) is 11.3 Å². The highest BCUT2D eigenvalue weighted by atomic mass is 16.5. The fourth-order valence-electron chi connectivity index (χ4n) is 3.66. The van der Waals surface area contributed by atoms with Crippen LogP contribution >= 0.6 is 0 Å². The van der Waals surface area contributed by atoms with Gasteiger partial charge in [-0.2, -0.15) is 5.10 Å². The van der Waals surface area contributed by atoms with Crippen molar-refractivity contribution in [2.45, 2.75) is 38.3 Å². The SMILES string of the molecule is OC(CN1CCCC2(CCOCC2)C1)Cn1cccn1. The van der Waals surface area contributed by atoms with E-state index in [1.165, 1.54) is 25.7 Å². The van der Waals surface area contributed by atoms with Gasteiger partial charge in [0.25, 0.3) is 0 Å². The summed E-state index contributed by atoms with van der Waals surface area (Å²) in [6.07, 6.45) is 8.24. The molecule has 0 radical (unpaired) electrons. The van der Waals surface area contributed by atoms with Crippen LogP contribution < -0.4 is 0 Å². The average Bonchev–Trinajstić information content (AvgIpc) is 2.92. The summed E-state index contributed by atoms with van der Waals surface area (Å²) in [5.74, 6) is 0. The molecule has 1 N–H and O–H groups in total. The number of ether oxygens (including phenoxy) is 1. The molecule has 5 heteroatoms. The maximum atomic E-state index is 10.2. The third-order valence-electron chi connectivity index (χ3n) is 4.72. The number of aliphatic hydroxyl groups is 1. The number of nitrogens with zero attached hydrogens (tertiary/aromatic N) is 3. The minimum absolute atomic E-state index is 0.343. The Hall–Kier alpha value is -0.910. The lowest BCUT2D eigenvalue weighted by Gasteiger charge is -2.45. The van der Waals surface area contributed by atoms with Gasteiger partial charge < -0.3 is 14.7 Å². The van der Waals surface area contributed by atoms with E-state index in [0.717, 1.165) is 32.8 Å². The van der Waals surface area contributed by atoms with Gasteiger partial charge in [-0.3, -0.25) is 4.68 Å². The van der Waals surface area contributed by atoms with Gasteiger partial charge in [0.15, 0.2) is 0 Å². The van der Waals surface area contributed by atoms with Crippen LogP contribution in [0.3, 0.4) is 0 Å². The number of piperidine rings is 1. The average molecular weight is 279 g/mol. The van der Waals surface area contributed by atoms with Gasteiger partial charge in [0.05, 0.1) is 12.6 Å². The number of rotatable bonds is 4. The first kappa shape index (κ1) is 14.0. The van der Waals surface area contributed by atoms with Crippen molar-refractivity contribution in [2.24, 2.45) is 5.41 Å². The van der Waals surface area contributed by atoms with Crippen LogP contribution in [0.2, 0.25) is 0 Å². The van der Waals surface area contributed by atoms with E-state index in [1.54, 1.807) is 10.9 Å². The molecule has 1 unspecified atom stereocenters. The molecule has 20 heavy (non-hydrogen) atoms. The second-order valence-electron chi connectivity index (χ2n) is 6.33. The topological polar surface area (TPSA) is 50.5 Å². The van der Waals surface area contributed by atoms with Crippen molar-refractivity contribution in [3.8, 4) is 0 Å². The molecule has 2 fully saturated rings. The minimum atomic E-state index is -0.343. The molecule has 0 amide bonds. The smallest absolute Gasteiger partial charge is 0.0862 e. The van der Waals surface area contributed by atoms with Gasteiger partial charge in [-0.05, 0) is 43.7 Å². The van der Waals surface area contributed by atoms with E-state index in [4.69, 9.17) is 4.74 Å². The van der Waals surface area contributed by atoms with E-state index in [9.17, 15) is 5.11 Å². The monoisotopic (exact) mass is 279 g/mol. The first-order valence-electron chi connectivity index (χ1n) is 7.71. The number of β-amino-alcohol motifs (C(OH)–C–C–N with tert-alkyl or cyclic N) is 1. The van der Waals surface area contributed by atoms with E-state index in [0.29, 0.717) is 12.0 Å². The molecular formula is C15H25N3O2. The van der Waals surface area contributed by atoms with Crippen LogP contribution in [0.5, 0.6) is 0 Å². The van der Waals surface area contributed by atoms with Crippen molar-refractivity contribution in [3.63, 3.8) is 0 Å². The third kappa shape index (κ3) is 3.40. The Morgan fingerprint density at radius 1 is 1.25 bits per heavy atom. The van der Waals surface area contributed by atoms with Gasteiger partial charge in [-0.25, -0.2) is 0 Å². The van der Waals surface area contributed by atoms with Crippen LogP contribution in [0.1, 0.15) is 25.7 Å². The summed E-state index contributed by atoms with van der Waals surface area (Å²) in [7, 11) is 0. The molecule has 1 atom stereocenters. The van der Waals surface area contributed by atoms with Gasteiger partial charge in [-0.1, -0.05) is 0 Å². The molecule has 1 aromatic rings. The zero-order valence-corrected chi connectivity index (χ0v) is 12.1. The number of hydrogen-bond acceptors (Lipinski definition) is 4. The lowest BCUT2D eigenvalue weighted by molar-refractivity contribution is -0.0367. The zero-order chi connectivity index (χ0) is 13.8. The zero-order valence-electron chi connectivity index (χ0n) is 12.1. The van der Waals surface area contributed by atoms with Crippen molar-refractivity contribution < 1.29 is 9.84 Å². The molecule has 1 aromatic heterocycles. The van der Waals surface area contributed by atoms with E-state index in [-0.39, 0.29) is 6.10 Å². The Kier molecular flexibility index (Phi) is 4.38. The van der Waals surface area contributed by atoms with Crippen LogP contribution in [0.15, 0.2) is 18.5 Å². The summed E-state index contributed by atoms with van der Waals surface area (Å²) in [4.78, 5) is 2.43. The summed E-state index contributed by atoms with van der Waals surface area (Å²) in [6, 6.07) is 1.89. The van der Waals surface area contributed by atoms with Gasteiger partial charge in [0.1, 0.15) is 0 Å². The van der Waals surface area contributed by atoms with Gasteiger partial charge in [0, 0.05) is 38.7 Å². The highest BCUT2D eigenvalue weighted by Crippen LogP contribution is 2.39. The summed E-state index contributed by atoms with van der Waals surface area (Å²) >= 11 is 0. The molecule has 5 nitrogen and oxygen atoms in total. The molecule has 0 aliphatic carbocycles. The first-order chi connectivity index (χ1) is 9.76. The van der Waals surface area contributed by atoms with Crippen LogP contribution in [0, 0.1) is 5.41 Å². The fourth-order valence-corrected chi connectivity index (χ4v) is 3.66. The van der Waals surface area contributed by atoms with Gasteiger partial charge in [-0.15, -0.1) is 0 Å². The number of aromatic nitrogens is 2. The van der Waals surface area contributed by atoms with Crippen molar-refractivity contribution in [3.05, 3.63) is 18.5 Å². The Morgan fingerprint density at radius 3 is 2.85 bits per heavy atom. The molecule has 0 saturated carbocycles. The van der Waals surface area contributed by atoms with Gasteiger partial charge in [0.2, 0.25) is 0 Å². The normalized spacial score (nSPS) is 24.9. The highest BCUT2D eigenvalue weighted by Gasteiger charge is 2.37. The lowest BCUT2D eigenvalue weighted by Crippen LogP contribution is -2.48. The Bertz CT molecular complexity index is 396. The maximum Gasteiger partial charge on any atom is 0.0862 e. The Morgan fingerprint density at radius 2 is 2.10 bits per heavy atom. The van der Waals surface area contributed by atoms with Crippen LogP contribution in [-0.4, -0.2) is 58.7 Å². The molecule has 2 aliphatic heterocycles. The van der Waals surface area contributed by atoms with Crippen LogP contribution in [0.25, 0.3) is 0 Å². The van der Waals surface area contributed by atoms with Gasteiger partial charge >= 0.3 is 0 Å². The molecule has 3 heterocycles. The molecule has 1 spiro atoms. The van der Waals surface area contributed by atoms with Crippen molar-refractivity contribution in [1.82, 2.24) is 14.7 Å². The standard InChI is InChI=1S/C15H25N3O2/c19-14(12-18-8-2-6-16-18)11-17-7-1-3-15(13-17)4-9-20-10-5-15/h2,6,8,14,19H,1,3-5,7,9-13H2. The molecule has 0 bridgehead atoms. The summed E-state index contributed by atoms with van der Waals surface area (Å²) in [6.45, 7) is 5.38. The van der Waals surface area contributed by atoms with Crippen LogP contribution in [0.4, 0.5) is 0 Å². The molecule has 2 saturated heterocycles. The number of hydrogen-bond donors (Lipinski definition) is 1. The largest absolute Gasteiger partial charge is 0.390 e. The Balaban J connectivity index is 1.51.